The fraction of sp³-hybridized carbons (Fsp3) is 0.750. The highest BCUT2D eigenvalue weighted by molar-refractivity contribution is 5.69. The monoisotopic (exact) mass is 652 g/mol. The summed E-state index contributed by atoms with van der Waals surface area (Å²) in [6.07, 6.45) is 46.6. The Morgan fingerprint density at radius 3 is 1.87 bits per heavy atom. The van der Waals surface area contributed by atoms with Gasteiger partial charge in [-0.15, -0.1) is 11.5 Å². The van der Waals surface area contributed by atoms with Crippen LogP contribution in [-0.2, 0) is 9.53 Å². The summed E-state index contributed by atoms with van der Waals surface area (Å²) in [6, 6.07) is 0. The summed E-state index contributed by atoms with van der Waals surface area (Å²) >= 11 is 0. The molecule has 0 saturated heterocycles. The maximum Gasteiger partial charge on any atom is 0.306 e. The van der Waals surface area contributed by atoms with E-state index in [0.717, 1.165) is 45.1 Å². The number of hydrogen-bond donors (Lipinski definition) is 0. The molecule has 0 bridgehead atoms. The first kappa shape index (κ1) is 45.0. The number of esters is 1. The number of hydrogen-bond acceptors (Lipinski definition) is 3. The standard InChI is InChI=1S/C44H77NO2/c1-6-8-10-12-14-15-16-17-18-19-20-21-22-23-24-29-33-38-43(47-44(46)40-35-41-45(4)5)39-34-30-26-25-28-32-37-42(3)36-31-27-13-11-9-7-2/h8,14-15,17-18,27,36,42-43H,1,7,9-13,16,19-26,28-30,32-35,37-41H2,2-5H3/b15-14-,18-17-. The van der Waals surface area contributed by atoms with Crippen molar-refractivity contribution in [1.82, 2.24) is 4.90 Å². The van der Waals surface area contributed by atoms with Crippen LogP contribution >= 0.6 is 0 Å². The summed E-state index contributed by atoms with van der Waals surface area (Å²) in [4.78, 5) is 14.7. The van der Waals surface area contributed by atoms with Crippen molar-refractivity contribution in [3.8, 4) is 0 Å². The van der Waals surface area contributed by atoms with Crippen molar-refractivity contribution < 1.29 is 9.53 Å². The number of rotatable bonds is 34. The quantitative estimate of drug-likeness (QED) is 0.0300. The number of carbonyl (C=O) groups is 1. The van der Waals surface area contributed by atoms with E-state index in [1.54, 1.807) is 0 Å². The van der Waals surface area contributed by atoms with E-state index in [-0.39, 0.29) is 12.1 Å². The largest absolute Gasteiger partial charge is 0.462 e. The molecule has 0 aromatic heterocycles. The lowest BCUT2D eigenvalue weighted by Gasteiger charge is -2.18. The molecule has 0 N–H and O–H groups in total. The fourth-order valence-corrected chi connectivity index (χ4v) is 5.79. The van der Waals surface area contributed by atoms with Crippen molar-refractivity contribution in [2.75, 3.05) is 20.6 Å². The summed E-state index contributed by atoms with van der Waals surface area (Å²) < 4.78 is 6.01. The van der Waals surface area contributed by atoms with Gasteiger partial charge < -0.3 is 9.64 Å². The van der Waals surface area contributed by atoms with Gasteiger partial charge in [-0.25, -0.2) is 0 Å². The van der Waals surface area contributed by atoms with Gasteiger partial charge in [-0.3, -0.25) is 4.79 Å². The van der Waals surface area contributed by atoms with Gasteiger partial charge in [0.2, 0.25) is 0 Å². The number of nitrogens with zero attached hydrogens (tertiary/aromatic N) is 1. The molecule has 0 spiro atoms. The molecule has 3 nitrogen and oxygen atoms in total. The zero-order valence-corrected chi connectivity index (χ0v) is 31.8. The molecule has 0 aliphatic carbocycles. The predicted molar refractivity (Wildman–Crippen MR) is 208 cm³/mol. The number of allylic oxidation sites excluding steroid dienone is 6. The molecule has 270 valence electrons. The van der Waals surface area contributed by atoms with Gasteiger partial charge in [0.25, 0.3) is 0 Å². The molecule has 0 saturated carbocycles. The van der Waals surface area contributed by atoms with Crippen molar-refractivity contribution in [3.63, 3.8) is 0 Å². The number of carbonyl (C=O) groups excluding carboxylic acids is 1. The molecule has 0 amide bonds. The lowest BCUT2D eigenvalue weighted by atomic mass is 10.00. The molecule has 2 unspecified atom stereocenters. The van der Waals surface area contributed by atoms with Crippen molar-refractivity contribution >= 4 is 5.97 Å². The lowest BCUT2D eigenvalue weighted by Crippen LogP contribution is -2.20. The second-order valence-corrected chi connectivity index (χ2v) is 13.9. The molecule has 0 rings (SSSR count). The lowest BCUT2D eigenvalue weighted by molar-refractivity contribution is -0.150. The minimum Gasteiger partial charge on any atom is -0.462 e. The van der Waals surface area contributed by atoms with E-state index in [9.17, 15) is 4.79 Å². The van der Waals surface area contributed by atoms with Crippen LogP contribution in [0.2, 0.25) is 0 Å². The van der Waals surface area contributed by atoms with Gasteiger partial charge in [0.1, 0.15) is 6.10 Å². The Bertz CT molecular complexity index is 856. The molecule has 2 atom stereocenters. The smallest absolute Gasteiger partial charge is 0.306 e. The summed E-state index contributed by atoms with van der Waals surface area (Å²) in [5.74, 6) is 0.633. The van der Waals surface area contributed by atoms with Crippen LogP contribution in [0, 0.1) is 5.92 Å². The average molecular weight is 652 g/mol. The molecular weight excluding hydrogens is 574 g/mol. The van der Waals surface area contributed by atoms with E-state index in [4.69, 9.17) is 4.74 Å². The fourth-order valence-electron chi connectivity index (χ4n) is 5.79. The topological polar surface area (TPSA) is 29.5 Å². The number of unbranched alkanes of at least 4 members (excludes halogenated alkanes) is 16. The Morgan fingerprint density at radius 1 is 0.681 bits per heavy atom. The summed E-state index contributed by atoms with van der Waals surface area (Å²) in [5.41, 5.74) is 6.22. The highest BCUT2D eigenvalue weighted by Crippen LogP contribution is 2.19. The van der Waals surface area contributed by atoms with Gasteiger partial charge in [-0.2, -0.15) is 0 Å². The van der Waals surface area contributed by atoms with Crippen LogP contribution in [0.4, 0.5) is 0 Å². The Balaban J connectivity index is 4.09. The van der Waals surface area contributed by atoms with E-state index in [1.165, 1.54) is 122 Å². The highest BCUT2D eigenvalue weighted by Gasteiger charge is 2.14. The molecule has 0 radical (unpaired) electrons. The van der Waals surface area contributed by atoms with Gasteiger partial charge in [-0.1, -0.05) is 122 Å². The first-order valence-electron chi connectivity index (χ1n) is 19.9. The molecule has 0 aromatic carbocycles. The van der Waals surface area contributed by atoms with Gasteiger partial charge in [0, 0.05) is 6.42 Å². The SMILES string of the molecule is C=C=CCC/C=C\C/C=C\CCCCCCCCCC(CCCCCCCCC(C)C=C=CCCCCC)OC(=O)CCCN(C)C. The van der Waals surface area contributed by atoms with Crippen molar-refractivity contribution in [2.45, 2.75) is 187 Å². The van der Waals surface area contributed by atoms with E-state index < -0.39 is 0 Å². The molecule has 0 fully saturated rings. The maximum atomic E-state index is 12.5. The van der Waals surface area contributed by atoms with Crippen LogP contribution in [0.25, 0.3) is 0 Å². The second kappa shape index (κ2) is 36.8. The van der Waals surface area contributed by atoms with Crippen molar-refractivity contribution in [2.24, 2.45) is 5.92 Å². The van der Waals surface area contributed by atoms with Crippen LogP contribution in [-0.4, -0.2) is 37.6 Å². The van der Waals surface area contributed by atoms with Crippen LogP contribution in [0.5, 0.6) is 0 Å². The van der Waals surface area contributed by atoms with E-state index in [1.807, 2.05) is 6.08 Å². The minimum atomic E-state index is 0.00170. The molecule has 0 aliphatic rings. The third kappa shape index (κ3) is 36.6. The zero-order chi connectivity index (χ0) is 34.5. The molecule has 0 aromatic rings. The summed E-state index contributed by atoms with van der Waals surface area (Å²) in [7, 11) is 4.12. The maximum absolute atomic E-state index is 12.5. The third-order valence-electron chi connectivity index (χ3n) is 8.79. The Hall–Kier alpha value is -2.05. The second-order valence-electron chi connectivity index (χ2n) is 13.9. The average Bonchev–Trinajstić information content (AvgIpc) is 3.05. The molecule has 0 aliphatic heterocycles. The van der Waals surface area contributed by atoms with Crippen LogP contribution in [0.15, 0.2) is 60.6 Å². The van der Waals surface area contributed by atoms with E-state index in [2.05, 4.69) is 87.3 Å². The summed E-state index contributed by atoms with van der Waals surface area (Å²) in [5, 5.41) is 0. The Kier molecular flexibility index (Phi) is 35.2. The van der Waals surface area contributed by atoms with Crippen LogP contribution in [0.1, 0.15) is 181 Å². The number of ether oxygens (including phenoxy) is 1. The minimum absolute atomic E-state index is 0.00170. The molecule has 47 heavy (non-hydrogen) atoms. The zero-order valence-electron chi connectivity index (χ0n) is 31.8. The van der Waals surface area contributed by atoms with Gasteiger partial charge in [-0.05, 0) is 128 Å². The first-order chi connectivity index (χ1) is 23.0. The van der Waals surface area contributed by atoms with Gasteiger partial charge in [0.15, 0.2) is 0 Å². The van der Waals surface area contributed by atoms with Crippen molar-refractivity contribution in [3.05, 3.63) is 60.6 Å². The normalized spacial score (nSPS) is 12.7. The summed E-state index contributed by atoms with van der Waals surface area (Å²) in [6.45, 7) is 9.10. The predicted octanol–water partition coefficient (Wildman–Crippen LogP) is 13.4. The van der Waals surface area contributed by atoms with Gasteiger partial charge >= 0.3 is 5.97 Å². The Labute approximate surface area is 293 Å². The first-order valence-corrected chi connectivity index (χ1v) is 19.9. The van der Waals surface area contributed by atoms with E-state index in [0.29, 0.717) is 12.3 Å². The van der Waals surface area contributed by atoms with Crippen LogP contribution in [0.3, 0.4) is 0 Å². The van der Waals surface area contributed by atoms with Gasteiger partial charge in [0.05, 0.1) is 0 Å². The van der Waals surface area contributed by atoms with Crippen molar-refractivity contribution in [1.29, 1.82) is 0 Å². The molecule has 0 heterocycles. The Morgan fingerprint density at radius 2 is 1.26 bits per heavy atom. The highest BCUT2D eigenvalue weighted by atomic mass is 16.5. The van der Waals surface area contributed by atoms with Crippen LogP contribution < -0.4 is 0 Å². The molecular formula is C44H77NO2. The third-order valence-corrected chi connectivity index (χ3v) is 8.79. The van der Waals surface area contributed by atoms with E-state index >= 15 is 0 Å². The molecule has 3 heteroatoms.